The maximum absolute atomic E-state index is 12.8. The zero-order valence-corrected chi connectivity index (χ0v) is 16.5. The second-order valence-corrected chi connectivity index (χ2v) is 7.70. The summed E-state index contributed by atoms with van der Waals surface area (Å²) < 4.78 is 7.15. The number of aryl methyl sites for hydroxylation is 2. The molecule has 6 nitrogen and oxygen atoms in total. The Labute approximate surface area is 165 Å². The van der Waals surface area contributed by atoms with E-state index < -0.39 is 12.1 Å². The lowest BCUT2D eigenvalue weighted by Crippen LogP contribution is -2.25. The number of para-hydroxylation sites is 1. The number of rotatable bonds is 5. The number of fused-ring (bicyclic) bond motifs is 1. The Morgan fingerprint density at radius 1 is 1.29 bits per heavy atom. The SMILES string of the molecule is Cc1nc(-c2cc(C(=O)O[C@H](C)C(=O)c3c[nH]c4ccccc34)n(C)c2)cs1. The molecule has 0 saturated heterocycles. The van der Waals surface area contributed by atoms with Crippen molar-refractivity contribution in [1.29, 1.82) is 0 Å². The molecule has 0 radical (unpaired) electrons. The molecule has 0 aliphatic carbocycles. The Hall–Kier alpha value is -3.19. The highest BCUT2D eigenvalue weighted by molar-refractivity contribution is 7.09. The van der Waals surface area contributed by atoms with Crippen LogP contribution in [0.2, 0.25) is 0 Å². The van der Waals surface area contributed by atoms with Gasteiger partial charge in [0.2, 0.25) is 5.78 Å². The van der Waals surface area contributed by atoms with Crippen molar-refractivity contribution >= 4 is 34.0 Å². The second-order valence-electron chi connectivity index (χ2n) is 6.64. The van der Waals surface area contributed by atoms with Crippen molar-refractivity contribution in [2.75, 3.05) is 0 Å². The van der Waals surface area contributed by atoms with E-state index in [0.29, 0.717) is 11.3 Å². The lowest BCUT2D eigenvalue weighted by atomic mass is 10.1. The average molecular weight is 393 g/mol. The Bertz CT molecular complexity index is 1180. The number of aromatic nitrogens is 3. The standard InChI is InChI=1S/C21H19N3O3S/c1-12(20(25)16-9-22-17-7-5-4-6-15(16)17)27-21(26)19-8-14(10-24(19)3)18-11-28-13(2)23-18/h4-12,22H,1-3H3/t12-/m1/s1. The molecule has 3 aromatic heterocycles. The topological polar surface area (TPSA) is 77.0 Å². The van der Waals surface area contributed by atoms with Crippen LogP contribution in [-0.2, 0) is 11.8 Å². The fourth-order valence-electron chi connectivity index (χ4n) is 3.17. The van der Waals surface area contributed by atoms with Gasteiger partial charge in [0.1, 0.15) is 5.69 Å². The van der Waals surface area contributed by atoms with Gasteiger partial charge in [-0.3, -0.25) is 4.79 Å². The first-order valence-corrected chi connectivity index (χ1v) is 9.72. The highest BCUT2D eigenvalue weighted by atomic mass is 32.1. The van der Waals surface area contributed by atoms with Crippen molar-refractivity contribution in [3.8, 4) is 11.3 Å². The lowest BCUT2D eigenvalue weighted by molar-refractivity contribution is 0.0310. The van der Waals surface area contributed by atoms with E-state index in [9.17, 15) is 9.59 Å². The van der Waals surface area contributed by atoms with Crippen LogP contribution in [0.4, 0.5) is 0 Å². The van der Waals surface area contributed by atoms with Gasteiger partial charge in [-0.25, -0.2) is 9.78 Å². The van der Waals surface area contributed by atoms with Crippen LogP contribution in [0.1, 0.15) is 32.8 Å². The van der Waals surface area contributed by atoms with Crippen molar-refractivity contribution in [2.24, 2.45) is 7.05 Å². The van der Waals surface area contributed by atoms with E-state index in [1.54, 1.807) is 42.1 Å². The van der Waals surface area contributed by atoms with Crippen LogP contribution in [0, 0.1) is 6.92 Å². The van der Waals surface area contributed by atoms with Gasteiger partial charge in [0.15, 0.2) is 6.10 Å². The van der Waals surface area contributed by atoms with Crippen LogP contribution >= 0.6 is 11.3 Å². The molecule has 4 rings (SSSR count). The van der Waals surface area contributed by atoms with Gasteiger partial charge in [-0.15, -0.1) is 11.3 Å². The molecule has 142 valence electrons. The molecule has 1 N–H and O–H groups in total. The summed E-state index contributed by atoms with van der Waals surface area (Å²) in [5, 5.41) is 3.72. The number of aromatic amines is 1. The molecule has 28 heavy (non-hydrogen) atoms. The monoisotopic (exact) mass is 393 g/mol. The molecular weight excluding hydrogens is 374 g/mol. The summed E-state index contributed by atoms with van der Waals surface area (Å²) in [5.41, 5.74) is 3.42. The highest BCUT2D eigenvalue weighted by Gasteiger charge is 2.24. The molecule has 0 spiro atoms. The predicted molar refractivity (Wildman–Crippen MR) is 109 cm³/mol. The fraction of sp³-hybridized carbons (Fsp3) is 0.190. The van der Waals surface area contributed by atoms with Gasteiger partial charge in [0.05, 0.1) is 10.7 Å². The zero-order chi connectivity index (χ0) is 19.8. The predicted octanol–water partition coefficient (Wildman–Crippen LogP) is 4.37. The third-order valence-corrected chi connectivity index (χ3v) is 5.41. The Morgan fingerprint density at radius 3 is 2.82 bits per heavy atom. The minimum absolute atomic E-state index is 0.240. The number of thiazole rings is 1. The van der Waals surface area contributed by atoms with Gasteiger partial charge >= 0.3 is 5.97 Å². The number of carbonyl (C=O) groups excluding carboxylic acids is 2. The summed E-state index contributed by atoms with van der Waals surface area (Å²) in [6.07, 6.45) is 2.59. The lowest BCUT2D eigenvalue weighted by Gasteiger charge is -2.12. The van der Waals surface area contributed by atoms with E-state index in [-0.39, 0.29) is 5.78 Å². The Morgan fingerprint density at radius 2 is 2.07 bits per heavy atom. The summed E-state index contributed by atoms with van der Waals surface area (Å²) in [6, 6.07) is 9.27. The third-order valence-electron chi connectivity index (χ3n) is 4.64. The number of H-pyrrole nitrogens is 1. The summed E-state index contributed by atoms with van der Waals surface area (Å²) >= 11 is 1.55. The first-order chi connectivity index (χ1) is 13.4. The number of benzene rings is 1. The fourth-order valence-corrected chi connectivity index (χ4v) is 3.79. The van der Waals surface area contributed by atoms with Crippen LogP contribution in [0.3, 0.4) is 0 Å². The molecule has 1 aromatic carbocycles. The summed E-state index contributed by atoms with van der Waals surface area (Å²) in [7, 11) is 1.77. The van der Waals surface area contributed by atoms with Gasteiger partial charge in [0.25, 0.3) is 0 Å². The summed E-state index contributed by atoms with van der Waals surface area (Å²) in [4.78, 5) is 32.9. The van der Waals surface area contributed by atoms with E-state index in [2.05, 4.69) is 9.97 Å². The van der Waals surface area contributed by atoms with Crippen LogP contribution in [0.15, 0.2) is 48.1 Å². The molecule has 0 bridgehead atoms. The molecule has 0 aliphatic heterocycles. The minimum atomic E-state index is -0.897. The van der Waals surface area contributed by atoms with Gasteiger partial charge < -0.3 is 14.3 Å². The molecule has 0 unspecified atom stereocenters. The van der Waals surface area contributed by atoms with E-state index in [0.717, 1.165) is 27.2 Å². The van der Waals surface area contributed by atoms with E-state index >= 15 is 0 Å². The van der Waals surface area contributed by atoms with Gasteiger partial charge in [-0.2, -0.15) is 0 Å². The van der Waals surface area contributed by atoms with Crippen LogP contribution in [0.25, 0.3) is 22.2 Å². The number of Topliss-reactive ketones (excluding diaryl/α,β-unsaturated/α-hetero) is 1. The molecule has 0 amide bonds. The molecule has 0 saturated carbocycles. The number of nitrogens with one attached hydrogen (secondary N) is 1. The smallest absolute Gasteiger partial charge is 0.355 e. The number of esters is 1. The van der Waals surface area contributed by atoms with Crippen molar-refractivity contribution in [2.45, 2.75) is 20.0 Å². The molecular formula is C21H19N3O3S. The van der Waals surface area contributed by atoms with Crippen LogP contribution < -0.4 is 0 Å². The van der Waals surface area contributed by atoms with Gasteiger partial charge in [-0.1, -0.05) is 18.2 Å². The number of nitrogens with zero attached hydrogens (tertiary/aromatic N) is 2. The van der Waals surface area contributed by atoms with Crippen molar-refractivity contribution in [3.63, 3.8) is 0 Å². The normalized spacial score (nSPS) is 12.2. The Balaban J connectivity index is 1.53. The number of ether oxygens (including phenoxy) is 1. The number of hydrogen-bond acceptors (Lipinski definition) is 5. The maximum atomic E-state index is 12.8. The van der Waals surface area contributed by atoms with Crippen molar-refractivity contribution < 1.29 is 14.3 Å². The Kier molecular flexibility index (Phi) is 4.60. The van der Waals surface area contributed by atoms with Crippen LogP contribution in [-0.4, -0.2) is 32.4 Å². The average Bonchev–Trinajstić information content (AvgIpc) is 3.38. The summed E-state index contributed by atoms with van der Waals surface area (Å²) in [5.74, 6) is -0.781. The first kappa shape index (κ1) is 18.2. The molecule has 0 fully saturated rings. The first-order valence-electron chi connectivity index (χ1n) is 8.84. The number of carbonyl (C=O) groups is 2. The van der Waals surface area contributed by atoms with Crippen LogP contribution in [0.5, 0.6) is 0 Å². The molecule has 3 heterocycles. The molecule has 0 aliphatic rings. The van der Waals surface area contributed by atoms with Gasteiger partial charge in [0, 0.05) is 46.9 Å². The molecule has 7 heteroatoms. The summed E-state index contributed by atoms with van der Waals surface area (Å²) in [6.45, 7) is 3.53. The van der Waals surface area contributed by atoms with E-state index in [1.165, 1.54) is 0 Å². The third kappa shape index (κ3) is 3.25. The zero-order valence-electron chi connectivity index (χ0n) is 15.7. The molecule has 1 atom stereocenters. The van der Waals surface area contributed by atoms with Crippen molar-refractivity contribution in [1.82, 2.24) is 14.5 Å². The largest absolute Gasteiger partial charge is 0.450 e. The highest BCUT2D eigenvalue weighted by Crippen LogP contribution is 2.25. The van der Waals surface area contributed by atoms with Gasteiger partial charge in [-0.05, 0) is 26.0 Å². The number of ketones is 1. The van der Waals surface area contributed by atoms with E-state index in [1.807, 2.05) is 42.8 Å². The van der Waals surface area contributed by atoms with E-state index in [4.69, 9.17) is 4.74 Å². The number of hydrogen-bond donors (Lipinski definition) is 1. The van der Waals surface area contributed by atoms with Crippen molar-refractivity contribution in [3.05, 3.63) is 64.4 Å². The second kappa shape index (κ2) is 7.09. The quantitative estimate of drug-likeness (QED) is 0.404. The molecule has 4 aromatic rings. The minimum Gasteiger partial charge on any atom is -0.450 e. The maximum Gasteiger partial charge on any atom is 0.355 e.